The summed E-state index contributed by atoms with van der Waals surface area (Å²) >= 11 is 8.09. The molecule has 2 aromatic carbocycles. The minimum Gasteiger partial charge on any atom is -0.302 e. The number of carbonyl (C=O) groups excluding carboxylic acids is 1. The molecular formula is C22H22ClNOS. The highest BCUT2D eigenvalue weighted by Gasteiger charge is 2.41. The van der Waals surface area contributed by atoms with Gasteiger partial charge in [0.1, 0.15) is 4.88 Å². The molecule has 1 aliphatic heterocycles. The minimum atomic E-state index is -0.266. The van der Waals surface area contributed by atoms with E-state index in [4.69, 9.17) is 11.6 Å². The summed E-state index contributed by atoms with van der Waals surface area (Å²) in [6.45, 7) is 8.63. The average Bonchev–Trinajstić information content (AvgIpc) is 2.92. The molecule has 0 fully saturated rings. The van der Waals surface area contributed by atoms with Gasteiger partial charge in [0, 0.05) is 21.3 Å². The molecule has 2 nitrogen and oxygen atoms in total. The van der Waals surface area contributed by atoms with Gasteiger partial charge in [-0.3, -0.25) is 4.79 Å². The first-order chi connectivity index (χ1) is 12.3. The quantitative estimate of drug-likeness (QED) is 0.452. The van der Waals surface area contributed by atoms with Crippen molar-refractivity contribution >= 4 is 44.6 Å². The van der Waals surface area contributed by atoms with Crippen LogP contribution >= 0.6 is 22.9 Å². The molecule has 0 N–H and O–H groups in total. The number of nitrogens with zero attached hydrogens (tertiary/aromatic N) is 1. The Kier molecular flexibility index (Phi) is 4.13. The van der Waals surface area contributed by atoms with Crippen molar-refractivity contribution < 1.29 is 4.79 Å². The van der Waals surface area contributed by atoms with Crippen molar-refractivity contribution in [2.75, 3.05) is 4.90 Å². The number of fused-ring (bicyclic) bond motifs is 2. The summed E-state index contributed by atoms with van der Waals surface area (Å²) in [6, 6.07) is 14.3. The van der Waals surface area contributed by atoms with E-state index in [0.29, 0.717) is 15.8 Å². The highest BCUT2D eigenvalue weighted by Crippen LogP contribution is 2.46. The van der Waals surface area contributed by atoms with Crippen molar-refractivity contribution in [1.29, 1.82) is 0 Å². The summed E-state index contributed by atoms with van der Waals surface area (Å²) in [5, 5.41) is 1.52. The topological polar surface area (TPSA) is 20.3 Å². The van der Waals surface area contributed by atoms with E-state index in [2.05, 4.69) is 45.9 Å². The number of hydrogen-bond donors (Lipinski definition) is 0. The molecule has 1 unspecified atom stereocenters. The Hall–Kier alpha value is -1.84. The molecule has 1 atom stereocenters. The third-order valence-electron chi connectivity index (χ3n) is 5.30. The van der Waals surface area contributed by atoms with Crippen molar-refractivity contribution in [3.05, 3.63) is 63.5 Å². The fraction of sp³-hybridized carbons (Fsp3) is 0.318. The predicted molar refractivity (Wildman–Crippen MR) is 112 cm³/mol. The molecule has 0 saturated carbocycles. The Balaban J connectivity index is 1.88. The van der Waals surface area contributed by atoms with Crippen molar-refractivity contribution in [2.45, 2.75) is 45.6 Å². The van der Waals surface area contributed by atoms with Crippen LogP contribution in [0.15, 0.2) is 42.5 Å². The number of benzene rings is 2. The molecule has 26 heavy (non-hydrogen) atoms. The Morgan fingerprint density at radius 2 is 1.96 bits per heavy atom. The molecule has 0 aliphatic carbocycles. The Bertz CT molecular complexity index is 1020. The van der Waals surface area contributed by atoms with Crippen molar-refractivity contribution in [3.63, 3.8) is 0 Å². The first-order valence-corrected chi connectivity index (χ1v) is 10.1. The standard InChI is InChI=1S/C22H22ClNOS/c1-13-9-10-17-16(11-13)14(2)12-22(3,4)24(17)21(25)20-19(23)15-7-5-6-8-18(15)26-20/h5-11,14H,12H2,1-4H3. The Morgan fingerprint density at radius 1 is 1.23 bits per heavy atom. The number of aryl methyl sites for hydroxylation is 1. The van der Waals surface area contributed by atoms with Crippen LogP contribution in [0.25, 0.3) is 10.1 Å². The lowest BCUT2D eigenvalue weighted by molar-refractivity contribution is 0.0958. The van der Waals surface area contributed by atoms with Crippen LogP contribution in [0.2, 0.25) is 5.02 Å². The molecular weight excluding hydrogens is 362 g/mol. The van der Waals surface area contributed by atoms with Crippen LogP contribution in [0.1, 0.15) is 53.9 Å². The third-order valence-corrected chi connectivity index (χ3v) is 6.96. The lowest BCUT2D eigenvalue weighted by atomic mass is 9.79. The summed E-state index contributed by atoms with van der Waals surface area (Å²) < 4.78 is 1.05. The smallest absolute Gasteiger partial charge is 0.270 e. The van der Waals surface area contributed by atoms with Crippen LogP contribution in [0.3, 0.4) is 0 Å². The molecule has 2 heterocycles. The molecule has 0 saturated heterocycles. The second kappa shape index (κ2) is 6.11. The maximum atomic E-state index is 13.6. The SMILES string of the molecule is Cc1ccc2c(c1)C(C)CC(C)(C)N2C(=O)c1sc2ccccc2c1Cl. The first kappa shape index (κ1) is 17.6. The van der Waals surface area contributed by atoms with Gasteiger partial charge in [0.15, 0.2) is 0 Å². The van der Waals surface area contributed by atoms with Crippen LogP contribution in [0, 0.1) is 6.92 Å². The largest absolute Gasteiger partial charge is 0.302 e. The van der Waals surface area contributed by atoms with E-state index in [1.54, 1.807) is 0 Å². The van der Waals surface area contributed by atoms with Crippen LogP contribution in [0.5, 0.6) is 0 Å². The first-order valence-electron chi connectivity index (χ1n) is 8.92. The lowest BCUT2D eigenvalue weighted by Gasteiger charge is -2.46. The fourth-order valence-electron chi connectivity index (χ4n) is 4.19. The van der Waals surface area contributed by atoms with Gasteiger partial charge >= 0.3 is 0 Å². The zero-order valence-corrected chi connectivity index (χ0v) is 17.0. The number of hydrogen-bond acceptors (Lipinski definition) is 2. The zero-order valence-electron chi connectivity index (χ0n) is 15.5. The van der Waals surface area contributed by atoms with E-state index in [-0.39, 0.29) is 11.4 Å². The highest BCUT2D eigenvalue weighted by atomic mass is 35.5. The number of halogens is 1. The molecule has 4 rings (SSSR count). The van der Waals surface area contributed by atoms with Gasteiger partial charge in [0.2, 0.25) is 0 Å². The summed E-state index contributed by atoms with van der Waals surface area (Å²) in [4.78, 5) is 16.2. The fourth-order valence-corrected chi connectivity index (χ4v) is 5.63. The predicted octanol–water partition coefficient (Wildman–Crippen LogP) is 6.80. The van der Waals surface area contributed by atoms with E-state index in [0.717, 1.165) is 22.2 Å². The van der Waals surface area contributed by atoms with E-state index >= 15 is 0 Å². The van der Waals surface area contributed by atoms with Gasteiger partial charge in [-0.15, -0.1) is 11.3 Å². The van der Waals surface area contributed by atoms with Crippen LogP contribution < -0.4 is 4.90 Å². The van der Waals surface area contributed by atoms with Gasteiger partial charge in [0.25, 0.3) is 5.91 Å². The summed E-state index contributed by atoms with van der Waals surface area (Å²) in [7, 11) is 0. The molecule has 0 spiro atoms. The summed E-state index contributed by atoms with van der Waals surface area (Å²) in [5.74, 6) is 0.417. The van der Waals surface area contributed by atoms with Crippen LogP contribution in [0.4, 0.5) is 5.69 Å². The number of anilines is 1. The van der Waals surface area contributed by atoms with Gasteiger partial charge < -0.3 is 4.90 Å². The molecule has 1 amide bonds. The highest BCUT2D eigenvalue weighted by molar-refractivity contribution is 7.21. The van der Waals surface area contributed by atoms with Crippen molar-refractivity contribution in [3.8, 4) is 0 Å². The van der Waals surface area contributed by atoms with Crippen LogP contribution in [-0.4, -0.2) is 11.4 Å². The lowest BCUT2D eigenvalue weighted by Crippen LogP contribution is -2.51. The maximum Gasteiger partial charge on any atom is 0.270 e. The molecule has 4 heteroatoms. The average molecular weight is 384 g/mol. The molecule has 0 bridgehead atoms. The van der Waals surface area contributed by atoms with Crippen molar-refractivity contribution in [1.82, 2.24) is 0 Å². The zero-order chi connectivity index (χ0) is 18.6. The van der Waals surface area contributed by atoms with Crippen LogP contribution in [-0.2, 0) is 0 Å². The Labute approximate surface area is 163 Å². The molecule has 1 aromatic heterocycles. The summed E-state index contributed by atoms with van der Waals surface area (Å²) in [5.41, 5.74) is 3.22. The van der Waals surface area contributed by atoms with Gasteiger partial charge in [-0.25, -0.2) is 0 Å². The second-order valence-electron chi connectivity index (χ2n) is 7.86. The number of amides is 1. The molecule has 1 aliphatic rings. The van der Waals surface area contributed by atoms with Gasteiger partial charge in [-0.1, -0.05) is 54.4 Å². The van der Waals surface area contributed by atoms with E-state index in [1.807, 2.05) is 29.2 Å². The number of rotatable bonds is 1. The number of carbonyl (C=O) groups is 1. The minimum absolute atomic E-state index is 0.00166. The van der Waals surface area contributed by atoms with Crippen molar-refractivity contribution in [2.24, 2.45) is 0 Å². The van der Waals surface area contributed by atoms with Gasteiger partial charge in [-0.05, 0) is 50.8 Å². The normalized spacial score (nSPS) is 18.8. The third kappa shape index (κ3) is 2.65. The number of thiophene rings is 1. The molecule has 0 radical (unpaired) electrons. The van der Waals surface area contributed by atoms with E-state index in [1.165, 1.54) is 22.5 Å². The molecule has 134 valence electrons. The molecule has 3 aromatic rings. The maximum absolute atomic E-state index is 13.6. The Morgan fingerprint density at radius 3 is 2.69 bits per heavy atom. The van der Waals surface area contributed by atoms with Gasteiger partial charge in [-0.2, -0.15) is 0 Å². The monoisotopic (exact) mass is 383 g/mol. The van der Waals surface area contributed by atoms with E-state index in [9.17, 15) is 4.79 Å². The summed E-state index contributed by atoms with van der Waals surface area (Å²) in [6.07, 6.45) is 0.928. The van der Waals surface area contributed by atoms with E-state index < -0.39 is 0 Å². The van der Waals surface area contributed by atoms with Gasteiger partial charge in [0.05, 0.1) is 5.02 Å². The second-order valence-corrected chi connectivity index (χ2v) is 9.29.